The van der Waals surface area contributed by atoms with Crippen molar-refractivity contribution in [2.24, 2.45) is 0 Å². The number of nitrogens with zero attached hydrogens (tertiary/aromatic N) is 5. The average molecular weight is 293 g/mol. The first-order valence-corrected chi connectivity index (χ1v) is 5.81. The van der Waals surface area contributed by atoms with Crippen molar-refractivity contribution in [2.45, 2.75) is 6.18 Å². The van der Waals surface area contributed by atoms with Crippen LogP contribution in [0.25, 0.3) is 11.1 Å². The molecule has 8 heteroatoms. The molecule has 0 aliphatic rings. The van der Waals surface area contributed by atoms with Crippen LogP contribution in [0.3, 0.4) is 0 Å². The van der Waals surface area contributed by atoms with E-state index < -0.39 is 11.9 Å². The summed E-state index contributed by atoms with van der Waals surface area (Å²) in [7, 11) is 3.44. The van der Waals surface area contributed by atoms with Gasteiger partial charge in [0.1, 0.15) is 11.8 Å². The molecule has 2 aromatic rings. The van der Waals surface area contributed by atoms with E-state index in [-0.39, 0.29) is 5.69 Å². The summed E-state index contributed by atoms with van der Waals surface area (Å²) in [6.07, 6.45) is -2.05. The van der Waals surface area contributed by atoms with E-state index in [0.717, 1.165) is 12.3 Å². The number of pyridine rings is 1. The second kappa shape index (κ2) is 5.36. The second-order valence-electron chi connectivity index (χ2n) is 4.37. The van der Waals surface area contributed by atoms with Gasteiger partial charge in [-0.3, -0.25) is 4.98 Å². The zero-order chi connectivity index (χ0) is 15.6. The largest absolute Gasteiger partial charge is 0.433 e. The van der Waals surface area contributed by atoms with E-state index in [1.165, 1.54) is 12.3 Å². The monoisotopic (exact) mass is 293 g/mol. The van der Waals surface area contributed by atoms with Crippen molar-refractivity contribution in [2.75, 3.05) is 19.0 Å². The highest BCUT2D eigenvalue weighted by molar-refractivity contribution is 5.67. The van der Waals surface area contributed by atoms with Crippen molar-refractivity contribution in [3.8, 4) is 17.2 Å². The first-order chi connectivity index (χ1) is 9.82. The lowest BCUT2D eigenvalue weighted by molar-refractivity contribution is -0.141. The third-order valence-corrected chi connectivity index (χ3v) is 2.65. The molecule has 108 valence electrons. The van der Waals surface area contributed by atoms with Crippen molar-refractivity contribution in [1.82, 2.24) is 15.0 Å². The van der Waals surface area contributed by atoms with Crippen LogP contribution in [0.4, 0.5) is 19.1 Å². The van der Waals surface area contributed by atoms with Crippen LogP contribution in [0, 0.1) is 11.3 Å². The summed E-state index contributed by atoms with van der Waals surface area (Å²) in [5.74, 6) is 0.343. The molecule has 0 fully saturated rings. The molecule has 0 saturated heterocycles. The molecule has 0 unspecified atom stereocenters. The van der Waals surface area contributed by atoms with Crippen LogP contribution in [-0.2, 0) is 6.18 Å². The Hall–Kier alpha value is -2.69. The summed E-state index contributed by atoms with van der Waals surface area (Å²) >= 11 is 0. The topological polar surface area (TPSA) is 65.7 Å². The Labute approximate surface area is 118 Å². The first-order valence-electron chi connectivity index (χ1n) is 5.81. The predicted octanol–water partition coefficient (Wildman–Crippen LogP) is 2.50. The number of hydrogen-bond acceptors (Lipinski definition) is 5. The van der Waals surface area contributed by atoms with Crippen molar-refractivity contribution in [3.63, 3.8) is 0 Å². The molecule has 2 aromatic heterocycles. The fourth-order valence-electron chi connectivity index (χ4n) is 1.61. The van der Waals surface area contributed by atoms with Crippen LogP contribution in [0.5, 0.6) is 0 Å². The van der Waals surface area contributed by atoms with Gasteiger partial charge >= 0.3 is 6.18 Å². The van der Waals surface area contributed by atoms with Crippen LogP contribution in [0.1, 0.15) is 11.4 Å². The van der Waals surface area contributed by atoms with E-state index >= 15 is 0 Å². The van der Waals surface area contributed by atoms with E-state index in [9.17, 15) is 13.2 Å². The standard InChI is InChI=1S/C13H10F3N5/c1-21(2)12-19-7-9(10(5-17)20-12)8-3-4-11(18-6-8)13(14,15)16/h3-4,6-7H,1-2H3. The number of rotatable bonds is 2. The van der Waals surface area contributed by atoms with Gasteiger partial charge in [-0.05, 0) is 6.07 Å². The molecule has 0 bridgehead atoms. The molecule has 5 nitrogen and oxygen atoms in total. The molecule has 0 aliphatic carbocycles. The minimum absolute atomic E-state index is 0.0789. The first kappa shape index (κ1) is 14.7. The van der Waals surface area contributed by atoms with Gasteiger partial charge in [0.2, 0.25) is 5.95 Å². The number of aromatic nitrogens is 3. The molecule has 0 spiro atoms. The molecule has 0 saturated carbocycles. The lowest BCUT2D eigenvalue weighted by Crippen LogP contribution is -2.13. The molecular weight excluding hydrogens is 283 g/mol. The maximum atomic E-state index is 12.5. The number of hydrogen-bond donors (Lipinski definition) is 0. The van der Waals surface area contributed by atoms with Crippen molar-refractivity contribution in [1.29, 1.82) is 5.26 Å². The summed E-state index contributed by atoms with van der Waals surface area (Å²) in [5, 5.41) is 9.11. The highest BCUT2D eigenvalue weighted by Crippen LogP contribution is 2.29. The molecule has 21 heavy (non-hydrogen) atoms. The lowest BCUT2D eigenvalue weighted by atomic mass is 10.1. The third-order valence-electron chi connectivity index (χ3n) is 2.65. The molecule has 2 rings (SSSR count). The average Bonchev–Trinajstić information content (AvgIpc) is 2.45. The van der Waals surface area contributed by atoms with Gasteiger partial charge in [-0.2, -0.15) is 18.4 Å². The van der Waals surface area contributed by atoms with Crippen LogP contribution >= 0.6 is 0 Å². The Kier molecular flexibility index (Phi) is 3.76. The summed E-state index contributed by atoms with van der Waals surface area (Å²) < 4.78 is 37.4. The van der Waals surface area contributed by atoms with Crippen molar-refractivity contribution in [3.05, 3.63) is 35.9 Å². The molecule has 0 aliphatic heterocycles. The van der Waals surface area contributed by atoms with E-state index in [4.69, 9.17) is 5.26 Å². The Morgan fingerprint density at radius 2 is 1.86 bits per heavy atom. The molecule has 0 atom stereocenters. The van der Waals surface area contributed by atoms with Crippen LogP contribution in [0.15, 0.2) is 24.5 Å². The summed E-state index contributed by atoms with van der Waals surface area (Å²) in [6.45, 7) is 0. The third kappa shape index (κ3) is 3.08. The van der Waals surface area contributed by atoms with Crippen LogP contribution in [-0.4, -0.2) is 29.0 Å². The van der Waals surface area contributed by atoms with Gasteiger partial charge in [-0.25, -0.2) is 9.97 Å². The van der Waals surface area contributed by atoms with Crippen molar-refractivity contribution >= 4 is 5.95 Å². The predicted molar refractivity (Wildman–Crippen MR) is 69.3 cm³/mol. The SMILES string of the molecule is CN(C)c1ncc(-c2ccc(C(F)(F)F)nc2)c(C#N)n1. The quantitative estimate of drug-likeness (QED) is 0.851. The normalized spacial score (nSPS) is 11.0. The Bertz CT molecular complexity index is 686. The highest BCUT2D eigenvalue weighted by Gasteiger charge is 2.32. The van der Waals surface area contributed by atoms with Gasteiger partial charge in [0.05, 0.1) is 0 Å². The fraction of sp³-hybridized carbons (Fsp3) is 0.231. The zero-order valence-electron chi connectivity index (χ0n) is 11.2. The molecule has 0 N–H and O–H groups in total. The summed E-state index contributed by atoms with van der Waals surface area (Å²) in [5.41, 5.74) is -0.222. The Balaban J connectivity index is 2.45. The maximum absolute atomic E-state index is 12.5. The van der Waals surface area contributed by atoms with Gasteiger partial charge in [0.15, 0.2) is 5.69 Å². The number of halogens is 3. The van der Waals surface area contributed by atoms with Gasteiger partial charge in [0, 0.05) is 37.6 Å². The Morgan fingerprint density at radius 1 is 1.14 bits per heavy atom. The van der Waals surface area contributed by atoms with E-state index in [2.05, 4.69) is 15.0 Å². The number of anilines is 1. The molecule has 0 aromatic carbocycles. The maximum Gasteiger partial charge on any atom is 0.433 e. The fourth-order valence-corrected chi connectivity index (χ4v) is 1.61. The minimum Gasteiger partial charge on any atom is -0.347 e. The van der Waals surface area contributed by atoms with Crippen molar-refractivity contribution < 1.29 is 13.2 Å². The highest BCUT2D eigenvalue weighted by atomic mass is 19.4. The molecular formula is C13H10F3N5. The van der Waals surface area contributed by atoms with Gasteiger partial charge in [-0.1, -0.05) is 6.07 Å². The van der Waals surface area contributed by atoms with Gasteiger partial charge in [-0.15, -0.1) is 0 Å². The van der Waals surface area contributed by atoms with Gasteiger partial charge in [0.25, 0.3) is 0 Å². The van der Waals surface area contributed by atoms with E-state index in [0.29, 0.717) is 17.1 Å². The van der Waals surface area contributed by atoms with Crippen LogP contribution < -0.4 is 4.90 Å². The number of alkyl halides is 3. The molecule has 0 amide bonds. The van der Waals surface area contributed by atoms with Gasteiger partial charge < -0.3 is 4.90 Å². The number of nitriles is 1. The summed E-state index contributed by atoms with van der Waals surface area (Å²) in [6, 6.07) is 4.00. The summed E-state index contributed by atoms with van der Waals surface area (Å²) in [4.78, 5) is 13.1. The minimum atomic E-state index is -4.50. The second-order valence-corrected chi connectivity index (χ2v) is 4.37. The lowest BCUT2D eigenvalue weighted by Gasteiger charge is -2.11. The molecule has 0 radical (unpaired) electrons. The molecule has 2 heterocycles. The van der Waals surface area contributed by atoms with E-state index in [1.54, 1.807) is 19.0 Å². The zero-order valence-corrected chi connectivity index (χ0v) is 11.2. The Morgan fingerprint density at radius 3 is 2.33 bits per heavy atom. The van der Waals surface area contributed by atoms with Crippen LogP contribution in [0.2, 0.25) is 0 Å². The smallest absolute Gasteiger partial charge is 0.347 e. The van der Waals surface area contributed by atoms with E-state index in [1.807, 2.05) is 6.07 Å².